The third kappa shape index (κ3) is 2.80. The SMILES string of the molecule is CCCC(C)c1cc2n(n1)C(c1cccc(F)c1)CCN2. The van der Waals surface area contributed by atoms with Gasteiger partial charge in [-0.25, -0.2) is 9.07 Å². The molecule has 2 atom stereocenters. The normalized spacial score (nSPS) is 18.9. The van der Waals surface area contributed by atoms with Gasteiger partial charge in [-0.1, -0.05) is 32.4 Å². The molecule has 2 unspecified atom stereocenters. The Balaban J connectivity index is 1.94. The first kappa shape index (κ1) is 14.1. The summed E-state index contributed by atoms with van der Waals surface area (Å²) in [5, 5.41) is 8.19. The molecule has 0 saturated carbocycles. The second-order valence-electron chi connectivity index (χ2n) is 5.87. The number of hydrogen-bond donors (Lipinski definition) is 1. The maximum absolute atomic E-state index is 13.5. The number of benzene rings is 1. The molecule has 2 heterocycles. The van der Waals surface area contributed by atoms with Crippen LogP contribution in [0.2, 0.25) is 0 Å². The van der Waals surface area contributed by atoms with Gasteiger partial charge in [-0.05, 0) is 30.5 Å². The summed E-state index contributed by atoms with van der Waals surface area (Å²) in [7, 11) is 0. The molecule has 2 aromatic rings. The fraction of sp³-hybridized carbons (Fsp3) is 0.471. The van der Waals surface area contributed by atoms with Crippen molar-refractivity contribution in [1.82, 2.24) is 9.78 Å². The van der Waals surface area contributed by atoms with E-state index in [-0.39, 0.29) is 11.9 Å². The fourth-order valence-electron chi connectivity index (χ4n) is 3.09. The average molecular weight is 287 g/mol. The molecule has 0 fully saturated rings. The highest BCUT2D eigenvalue weighted by atomic mass is 19.1. The minimum Gasteiger partial charge on any atom is -0.370 e. The summed E-state index contributed by atoms with van der Waals surface area (Å²) in [5.74, 6) is 1.33. The van der Waals surface area contributed by atoms with Gasteiger partial charge < -0.3 is 5.32 Å². The van der Waals surface area contributed by atoms with E-state index in [2.05, 4.69) is 25.2 Å². The summed E-state index contributed by atoms with van der Waals surface area (Å²) in [6.07, 6.45) is 3.23. The van der Waals surface area contributed by atoms with Crippen molar-refractivity contribution >= 4 is 5.82 Å². The zero-order chi connectivity index (χ0) is 14.8. The van der Waals surface area contributed by atoms with Crippen LogP contribution in [0.1, 0.15) is 56.3 Å². The predicted molar refractivity (Wildman–Crippen MR) is 83.2 cm³/mol. The van der Waals surface area contributed by atoms with Crippen LogP contribution in [-0.2, 0) is 0 Å². The summed E-state index contributed by atoms with van der Waals surface area (Å²) in [4.78, 5) is 0. The minimum atomic E-state index is -0.181. The van der Waals surface area contributed by atoms with E-state index < -0.39 is 0 Å². The van der Waals surface area contributed by atoms with E-state index in [1.807, 2.05) is 10.7 Å². The van der Waals surface area contributed by atoms with Crippen molar-refractivity contribution in [2.45, 2.75) is 45.1 Å². The highest BCUT2D eigenvalue weighted by Gasteiger charge is 2.24. The van der Waals surface area contributed by atoms with Crippen LogP contribution in [0.15, 0.2) is 30.3 Å². The third-order valence-electron chi connectivity index (χ3n) is 4.23. The molecule has 0 spiro atoms. The van der Waals surface area contributed by atoms with E-state index in [4.69, 9.17) is 5.10 Å². The van der Waals surface area contributed by atoms with Crippen LogP contribution in [0.4, 0.5) is 10.2 Å². The highest BCUT2D eigenvalue weighted by molar-refractivity contribution is 5.42. The maximum atomic E-state index is 13.5. The predicted octanol–water partition coefficient (Wildman–Crippen LogP) is 4.33. The summed E-state index contributed by atoms with van der Waals surface area (Å²) < 4.78 is 15.5. The smallest absolute Gasteiger partial charge is 0.125 e. The monoisotopic (exact) mass is 287 g/mol. The lowest BCUT2D eigenvalue weighted by molar-refractivity contribution is 0.470. The number of nitrogens with zero attached hydrogens (tertiary/aromatic N) is 2. The van der Waals surface area contributed by atoms with Crippen LogP contribution in [0, 0.1) is 5.82 Å². The Morgan fingerprint density at radius 3 is 3.05 bits per heavy atom. The number of hydrogen-bond acceptors (Lipinski definition) is 2. The van der Waals surface area contributed by atoms with Gasteiger partial charge in [0.2, 0.25) is 0 Å². The Morgan fingerprint density at radius 2 is 2.29 bits per heavy atom. The second kappa shape index (κ2) is 5.88. The molecule has 0 aliphatic carbocycles. The first-order valence-corrected chi connectivity index (χ1v) is 7.77. The van der Waals surface area contributed by atoms with Crippen molar-refractivity contribution in [3.8, 4) is 0 Å². The summed E-state index contributed by atoms with van der Waals surface area (Å²) >= 11 is 0. The van der Waals surface area contributed by atoms with E-state index >= 15 is 0 Å². The van der Waals surface area contributed by atoms with Crippen LogP contribution in [0.25, 0.3) is 0 Å². The summed E-state index contributed by atoms with van der Waals surface area (Å²) in [6, 6.07) is 9.14. The van der Waals surface area contributed by atoms with E-state index in [1.54, 1.807) is 12.1 Å². The first-order valence-electron chi connectivity index (χ1n) is 7.77. The standard InChI is InChI=1S/C17H22FN3/c1-3-5-12(2)15-11-17-19-9-8-16(21(17)20-15)13-6-4-7-14(18)10-13/h4,6-7,10-12,16,19H,3,5,8-9H2,1-2H3. The van der Waals surface area contributed by atoms with Crippen molar-refractivity contribution in [1.29, 1.82) is 0 Å². The van der Waals surface area contributed by atoms with Gasteiger partial charge in [-0.3, -0.25) is 0 Å². The Kier molecular flexibility index (Phi) is 3.95. The van der Waals surface area contributed by atoms with Crippen molar-refractivity contribution < 1.29 is 4.39 Å². The van der Waals surface area contributed by atoms with Crippen LogP contribution in [-0.4, -0.2) is 16.3 Å². The third-order valence-corrected chi connectivity index (χ3v) is 4.23. The first-order chi connectivity index (χ1) is 10.2. The zero-order valence-electron chi connectivity index (χ0n) is 12.6. The number of rotatable bonds is 4. The van der Waals surface area contributed by atoms with Crippen molar-refractivity contribution in [2.75, 3.05) is 11.9 Å². The van der Waals surface area contributed by atoms with Crippen LogP contribution in [0.3, 0.4) is 0 Å². The molecular formula is C17H22FN3. The number of aromatic nitrogens is 2. The van der Waals surface area contributed by atoms with Crippen LogP contribution >= 0.6 is 0 Å². The molecule has 1 aromatic heterocycles. The zero-order valence-corrected chi connectivity index (χ0v) is 12.6. The topological polar surface area (TPSA) is 29.9 Å². The van der Waals surface area contributed by atoms with E-state index in [1.165, 1.54) is 6.07 Å². The molecule has 3 nitrogen and oxygen atoms in total. The van der Waals surface area contributed by atoms with Crippen LogP contribution in [0.5, 0.6) is 0 Å². The van der Waals surface area contributed by atoms with Gasteiger partial charge in [0.25, 0.3) is 0 Å². The number of halogens is 1. The van der Waals surface area contributed by atoms with Crippen molar-refractivity contribution in [3.05, 3.63) is 47.4 Å². The Morgan fingerprint density at radius 1 is 1.43 bits per heavy atom. The van der Waals surface area contributed by atoms with Gasteiger partial charge in [-0.15, -0.1) is 0 Å². The molecule has 112 valence electrons. The molecule has 0 saturated heterocycles. The molecular weight excluding hydrogens is 265 g/mol. The summed E-state index contributed by atoms with van der Waals surface area (Å²) in [6.45, 7) is 5.31. The van der Waals surface area contributed by atoms with Gasteiger partial charge >= 0.3 is 0 Å². The second-order valence-corrected chi connectivity index (χ2v) is 5.87. The lowest BCUT2D eigenvalue weighted by Crippen LogP contribution is -2.24. The van der Waals surface area contributed by atoms with Gasteiger partial charge in [0, 0.05) is 18.5 Å². The van der Waals surface area contributed by atoms with E-state index in [0.29, 0.717) is 5.92 Å². The van der Waals surface area contributed by atoms with E-state index in [0.717, 1.165) is 42.9 Å². The molecule has 21 heavy (non-hydrogen) atoms. The Hall–Kier alpha value is -1.84. The molecule has 1 aliphatic rings. The van der Waals surface area contributed by atoms with E-state index in [9.17, 15) is 4.39 Å². The number of anilines is 1. The molecule has 3 rings (SSSR count). The molecule has 1 aliphatic heterocycles. The Labute approximate surface area is 125 Å². The molecule has 1 aromatic carbocycles. The van der Waals surface area contributed by atoms with Crippen molar-refractivity contribution in [2.24, 2.45) is 0 Å². The summed E-state index contributed by atoms with van der Waals surface area (Å²) in [5.41, 5.74) is 2.12. The highest BCUT2D eigenvalue weighted by Crippen LogP contribution is 2.32. The lowest BCUT2D eigenvalue weighted by atomic mass is 10.0. The maximum Gasteiger partial charge on any atom is 0.125 e. The van der Waals surface area contributed by atoms with Gasteiger partial charge in [0.1, 0.15) is 11.6 Å². The molecule has 1 N–H and O–H groups in total. The molecule has 0 amide bonds. The number of nitrogens with one attached hydrogen (secondary N) is 1. The average Bonchev–Trinajstić information content (AvgIpc) is 2.91. The molecule has 0 bridgehead atoms. The molecule has 0 radical (unpaired) electrons. The largest absolute Gasteiger partial charge is 0.370 e. The van der Waals surface area contributed by atoms with Crippen molar-refractivity contribution in [3.63, 3.8) is 0 Å². The van der Waals surface area contributed by atoms with Gasteiger partial charge in [0.15, 0.2) is 0 Å². The van der Waals surface area contributed by atoms with Gasteiger partial charge in [0.05, 0.1) is 11.7 Å². The van der Waals surface area contributed by atoms with Crippen LogP contribution < -0.4 is 5.32 Å². The molecule has 4 heteroatoms. The Bertz CT molecular complexity index is 620. The van der Waals surface area contributed by atoms with Gasteiger partial charge in [-0.2, -0.15) is 5.10 Å². The fourth-order valence-corrected chi connectivity index (χ4v) is 3.09. The quantitative estimate of drug-likeness (QED) is 0.907. The minimum absolute atomic E-state index is 0.125. The lowest BCUT2D eigenvalue weighted by Gasteiger charge is -2.26. The number of fused-ring (bicyclic) bond motifs is 1.